The molecule has 3 heterocycles. The number of nitrogens with zero attached hydrogens (tertiary/aromatic N) is 2. The SMILES string of the molecule is Cc1ncoc1-c1ccc([C@H](C)NC(=O)[C@@H]2C[C@@H](O)CN2C(=O)[C@@H](NC(=O)COCCOCCOCCOc2ccc(Oc3c(-c4ccc(Cl)cc4)sc4cc(O)ccc34)cc2)C(C)(C)C)cc1. The highest BCUT2D eigenvalue weighted by Crippen LogP contribution is 2.47. The average Bonchev–Trinajstić information content (AvgIpc) is 4.03. The first-order valence-corrected chi connectivity index (χ1v) is 23.6. The van der Waals surface area contributed by atoms with E-state index in [4.69, 9.17) is 39.7 Å². The summed E-state index contributed by atoms with van der Waals surface area (Å²) in [5.74, 6) is 1.47. The Kier molecular flexibility index (Phi) is 16.8. The second-order valence-electron chi connectivity index (χ2n) is 17.5. The maximum Gasteiger partial charge on any atom is 0.246 e. The standard InChI is InChI=1S/C51H57ClN4O11S/c1-31(33-6-8-34(9-7-33)45-32(2)53-30-66-45)54-49(60)42-26-38(58)28-56(42)50(61)48(51(3,4)5)55-44(59)29-64-23-22-62-20-21-63-24-25-65-39-15-17-40(18-16-39)67-46-41-19-14-37(57)27-43(41)68-47(46)35-10-12-36(52)13-11-35/h6-19,27,30-31,38,42,48,57-58H,20-26,28-29H2,1-5H3,(H,54,60)(H,55,59)/t31-,38+,42-,48+/m0/s1. The van der Waals surface area contributed by atoms with Crippen LogP contribution in [0, 0.1) is 12.3 Å². The topological polar surface area (TPSA) is 191 Å². The molecule has 0 aliphatic carbocycles. The number of hydrogen-bond donors (Lipinski definition) is 4. The third-order valence-electron chi connectivity index (χ3n) is 11.3. The van der Waals surface area contributed by atoms with Crippen LogP contribution in [-0.4, -0.2) is 109 Å². The molecule has 17 heteroatoms. The normalized spacial score (nSPS) is 15.8. The number of ether oxygens (including phenoxy) is 5. The third kappa shape index (κ3) is 12.9. The molecular formula is C51H57ClN4O11S. The van der Waals surface area contributed by atoms with Crippen LogP contribution < -0.4 is 20.1 Å². The van der Waals surface area contributed by atoms with Crippen molar-refractivity contribution in [2.45, 2.75) is 65.3 Å². The van der Waals surface area contributed by atoms with Gasteiger partial charge in [-0.1, -0.05) is 68.8 Å². The van der Waals surface area contributed by atoms with E-state index in [0.29, 0.717) is 54.5 Å². The lowest BCUT2D eigenvalue weighted by molar-refractivity contribution is -0.144. The summed E-state index contributed by atoms with van der Waals surface area (Å²) in [6.07, 6.45) is 0.574. The molecule has 68 heavy (non-hydrogen) atoms. The molecule has 360 valence electrons. The minimum absolute atomic E-state index is 0.0370. The highest BCUT2D eigenvalue weighted by atomic mass is 35.5. The van der Waals surface area contributed by atoms with E-state index in [2.05, 4.69) is 15.6 Å². The molecule has 2 aromatic heterocycles. The highest BCUT2D eigenvalue weighted by Gasteiger charge is 2.44. The largest absolute Gasteiger partial charge is 0.508 e. The maximum atomic E-state index is 14.0. The Morgan fingerprint density at radius 3 is 2.18 bits per heavy atom. The Morgan fingerprint density at radius 1 is 0.868 bits per heavy atom. The molecule has 0 saturated carbocycles. The van der Waals surface area contributed by atoms with E-state index in [1.165, 1.54) is 22.6 Å². The first-order valence-electron chi connectivity index (χ1n) is 22.4. The molecule has 1 aliphatic rings. The number of benzene rings is 4. The molecule has 1 fully saturated rings. The predicted octanol–water partition coefficient (Wildman–Crippen LogP) is 8.48. The maximum absolute atomic E-state index is 14.0. The van der Waals surface area contributed by atoms with Gasteiger partial charge in [-0.25, -0.2) is 4.98 Å². The minimum atomic E-state index is -0.987. The summed E-state index contributed by atoms with van der Waals surface area (Å²) < 4.78 is 35.4. The fourth-order valence-corrected chi connectivity index (χ4v) is 9.01. The fourth-order valence-electron chi connectivity index (χ4n) is 7.72. The molecule has 6 aromatic rings. The van der Waals surface area contributed by atoms with Gasteiger partial charge < -0.3 is 53.8 Å². The lowest BCUT2D eigenvalue weighted by atomic mass is 9.85. The van der Waals surface area contributed by atoms with Crippen molar-refractivity contribution in [3.8, 4) is 44.8 Å². The van der Waals surface area contributed by atoms with E-state index in [-0.39, 0.29) is 44.6 Å². The molecule has 0 spiro atoms. The summed E-state index contributed by atoms with van der Waals surface area (Å²) in [6.45, 7) is 10.5. The number of amides is 3. The Balaban J connectivity index is 0.780. The lowest BCUT2D eigenvalue weighted by Gasteiger charge is -2.35. The number of aliphatic hydroxyl groups excluding tert-OH is 1. The number of likely N-dealkylation sites (tertiary alicyclic amines) is 1. The number of aliphatic hydroxyl groups is 1. The predicted molar refractivity (Wildman–Crippen MR) is 259 cm³/mol. The number of thiophene rings is 1. The van der Waals surface area contributed by atoms with Crippen LogP contribution >= 0.6 is 22.9 Å². The minimum Gasteiger partial charge on any atom is -0.508 e. The molecule has 0 radical (unpaired) electrons. The fraction of sp³-hybridized carbons (Fsp3) is 0.373. The van der Waals surface area contributed by atoms with E-state index in [9.17, 15) is 24.6 Å². The lowest BCUT2D eigenvalue weighted by Crippen LogP contribution is -2.58. The number of oxazole rings is 1. The zero-order chi connectivity index (χ0) is 48.4. The van der Waals surface area contributed by atoms with E-state index in [0.717, 1.165) is 37.3 Å². The summed E-state index contributed by atoms with van der Waals surface area (Å²) in [5, 5.41) is 28.0. The number of aryl methyl sites for hydroxylation is 1. The van der Waals surface area contributed by atoms with Gasteiger partial charge in [0.05, 0.1) is 55.8 Å². The van der Waals surface area contributed by atoms with Crippen LogP contribution in [0.2, 0.25) is 5.02 Å². The van der Waals surface area contributed by atoms with E-state index < -0.39 is 41.3 Å². The highest BCUT2D eigenvalue weighted by molar-refractivity contribution is 7.22. The molecule has 4 aromatic carbocycles. The number of phenolic OH excluding ortho intramolecular Hbond substituents is 1. The number of aromatic nitrogens is 1. The monoisotopic (exact) mass is 968 g/mol. The number of nitrogens with one attached hydrogen (secondary N) is 2. The summed E-state index contributed by atoms with van der Waals surface area (Å²) in [6, 6.07) is 25.3. The van der Waals surface area contributed by atoms with Crippen LogP contribution in [0.15, 0.2) is 102 Å². The van der Waals surface area contributed by atoms with Gasteiger partial charge in [0.1, 0.15) is 42.5 Å². The van der Waals surface area contributed by atoms with Crippen molar-refractivity contribution in [2.24, 2.45) is 5.41 Å². The molecule has 15 nitrogen and oxygen atoms in total. The molecule has 4 N–H and O–H groups in total. The van der Waals surface area contributed by atoms with E-state index in [1.54, 1.807) is 12.1 Å². The van der Waals surface area contributed by atoms with Gasteiger partial charge in [-0.3, -0.25) is 14.4 Å². The zero-order valence-corrected chi connectivity index (χ0v) is 40.2. The smallest absolute Gasteiger partial charge is 0.246 e. The van der Waals surface area contributed by atoms with Crippen molar-refractivity contribution >= 4 is 50.7 Å². The van der Waals surface area contributed by atoms with E-state index in [1.807, 2.05) is 113 Å². The van der Waals surface area contributed by atoms with Gasteiger partial charge in [0, 0.05) is 33.6 Å². The second kappa shape index (κ2) is 22.9. The first-order chi connectivity index (χ1) is 32.6. The quantitative estimate of drug-likeness (QED) is 0.0504. The molecule has 0 unspecified atom stereocenters. The Labute approximate surface area is 404 Å². The van der Waals surface area contributed by atoms with Crippen molar-refractivity contribution < 1.29 is 52.7 Å². The van der Waals surface area contributed by atoms with Crippen molar-refractivity contribution in [2.75, 3.05) is 52.8 Å². The number of carbonyl (C=O) groups excluding carboxylic acids is 3. The molecular weight excluding hydrogens is 912 g/mol. The van der Waals surface area contributed by atoms with Crippen LogP contribution in [0.4, 0.5) is 0 Å². The van der Waals surface area contributed by atoms with Crippen molar-refractivity contribution in [3.05, 3.63) is 114 Å². The van der Waals surface area contributed by atoms with Gasteiger partial charge in [0.2, 0.25) is 17.7 Å². The van der Waals surface area contributed by atoms with Crippen molar-refractivity contribution in [1.29, 1.82) is 0 Å². The van der Waals surface area contributed by atoms with Gasteiger partial charge in [-0.2, -0.15) is 0 Å². The number of fused-ring (bicyclic) bond motifs is 1. The molecule has 0 bridgehead atoms. The van der Waals surface area contributed by atoms with Gasteiger partial charge in [-0.05, 0) is 85.0 Å². The van der Waals surface area contributed by atoms with Gasteiger partial charge in [0.15, 0.2) is 17.9 Å². The number of hydrogen-bond acceptors (Lipinski definition) is 13. The zero-order valence-electron chi connectivity index (χ0n) is 38.7. The molecule has 1 saturated heterocycles. The van der Waals surface area contributed by atoms with Gasteiger partial charge in [0.25, 0.3) is 0 Å². The van der Waals surface area contributed by atoms with E-state index >= 15 is 0 Å². The molecule has 4 atom stereocenters. The third-order valence-corrected chi connectivity index (χ3v) is 12.7. The number of carbonyl (C=O) groups is 3. The summed E-state index contributed by atoms with van der Waals surface area (Å²) in [5.41, 5.74) is 2.72. The number of phenols is 1. The number of β-amino-alcohol motifs (C(OH)–C–C–N with tert-alkyl or cyclic N) is 1. The van der Waals surface area contributed by atoms with Gasteiger partial charge >= 0.3 is 0 Å². The number of rotatable bonds is 21. The van der Waals surface area contributed by atoms with Crippen LogP contribution in [0.25, 0.3) is 31.9 Å². The number of aromatic hydroxyl groups is 1. The van der Waals surface area contributed by atoms with Crippen LogP contribution in [-0.2, 0) is 28.6 Å². The Morgan fingerprint density at radius 2 is 1.51 bits per heavy atom. The van der Waals surface area contributed by atoms with Crippen LogP contribution in [0.5, 0.6) is 23.0 Å². The van der Waals surface area contributed by atoms with Crippen molar-refractivity contribution in [3.63, 3.8) is 0 Å². The Bertz CT molecular complexity index is 2630. The number of halogens is 1. The molecule has 7 rings (SSSR count). The first kappa shape index (κ1) is 49.9. The summed E-state index contributed by atoms with van der Waals surface area (Å²) in [7, 11) is 0. The Hall–Kier alpha value is -6.01. The summed E-state index contributed by atoms with van der Waals surface area (Å²) >= 11 is 7.66. The average molecular weight is 970 g/mol. The molecule has 3 amide bonds. The molecule has 1 aliphatic heterocycles. The van der Waals surface area contributed by atoms with Gasteiger partial charge in [-0.15, -0.1) is 11.3 Å². The van der Waals surface area contributed by atoms with Crippen LogP contribution in [0.3, 0.4) is 0 Å². The summed E-state index contributed by atoms with van der Waals surface area (Å²) in [4.78, 5) is 47.0. The van der Waals surface area contributed by atoms with Crippen LogP contribution in [0.1, 0.15) is 51.4 Å². The van der Waals surface area contributed by atoms with Crippen molar-refractivity contribution in [1.82, 2.24) is 20.5 Å². The second-order valence-corrected chi connectivity index (χ2v) is 19.0.